The zero-order valence-electron chi connectivity index (χ0n) is 14.6. The highest BCUT2D eigenvalue weighted by molar-refractivity contribution is 5.98. The summed E-state index contributed by atoms with van der Waals surface area (Å²) in [6, 6.07) is 0.134. The molecular weight excluding hydrogens is 326 g/mol. The van der Waals surface area contributed by atoms with Gasteiger partial charge in [0.15, 0.2) is 0 Å². The second-order valence-electron chi connectivity index (χ2n) is 6.00. The predicted molar refractivity (Wildman–Crippen MR) is 90.1 cm³/mol. The molecule has 1 aromatic heterocycles. The molecule has 0 unspecified atom stereocenters. The number of aryl methyl sites for hydroxylation is 1. The van der Waals surface area contributed by atoms with Gasteiger partial charge in [0.2, 0.25) is 5.91 Å². The van der Waals surface area contributed by atoms with E-state index in [0.29, 0.717) is 24.9 Å². The summed E-state index contributed by atoms with van der Waals surface area (Å²) in [7, 11) is 0. The maximum atomic E-state index is 12.6. The number of aromatic amines is 1. The van der Waals surface area contributed by atoms with E-state index in [1.54, 1.807) is 19.9 Å². The second kappa shape index (κ2) is 7.96. The van der Waals surface area contributed by atoms with Crippen molar-refractivity contribution in [1.29, 1.82) is 0 Å². The van der Waals surface area contributed by atoms with E-state index in [0.717, 1.165) is 0 Å². The Morgan fingerprint density at radius 3 is 2.80 bits per heavy atom. The van der Waals surface area contributed by atoms with Crippen LogP contribution in [0.5, 0.6) is 0 Å². The normalized spacial score (nSPS) is 17.9. The van der Waals surface area contributed by atoms with Crippen LogP contribution in [0.15, 0.2) is 17.1 Å². The summed E-state index contributed by atoms with van der Waals surface area (Å²) in [6.45, 7) is 5.58. The van der Waals surface area contributed by atoms with Crippen LogP contribution < -0.4 is 10.9 Å². The molecule has 0 radical (unpaired) electrons. The Morgan fingerprint density at radius 1 is 1.44 bits per heavy atom. The van der Waals surface area contributed by atoms with Crippen molar-refractivity contribution < 1.29 is 19.1 Å². The van der Waals surface area contributed by atoms with E-state index in [2.05, 4.69) is 10.3 Å². The zero-order chi connectivity index (χ0) is 18.6. The van der Waals surface area contributed by atoms with E-state index in [-0.39, 0.29) is 18.1 Å². The number of nitrogens with one attached hydrogen (secondary N) is 2. The summed E-state index contributed by atoms with van der Waals surface area (Å²) < 4.78 is 5.00. The zero-order valence-corrected chi connectivity index (χ0v) is 14.6. The van der Waals surface area contributed by atoms with Crippen LogP contribution >= 0.6 is 0 Å². The summed E-state index contributed by atoms with van der Waals surface area (Å²) in [6.07, 6.45) is 2.70. The Kier molecular flexibility index (Phi) is 5.95. The van der Waals surface area contributed by atoms with Gasteiger partial charge in [-0.05, 0) is 45.2 Å². The lowest BCUT2D eigenvalue weighted by Crippen LogP contribution is -2.51. The minimum Gasteiger partial charge on any atom is -0.464 e. The number of H-pyrrole nitrogens is 1. The number of pyridine rings is 1. The van der Waals surface area contributed by atoms with E-state index in [4.69, 9.17) is 4.74 Å². The van der Waals surface area contributed by atoms with E-state index >= 15 is 0 Å². The number of nitrogens with zero attached hydrogens (tertiary/aromatic N) is 1. The maximum Gasteiger partial charge on any atom is 0.328 e. The van der Waals surface area contributed by atoms with Crippen LogP contribution in [0.3, 0.4) is 0 Å². The van der Waals surface area contributed by atoms with Crippen molar-refractivity contribution >= 4 is 17.8 Å². The minimum absolute atomic E-state index is 0.0227. The second-order valence-corrected chi connectivity index (χ2v) is 6.00. The van der Waals surface area contributed by atoms with Gasteiger partial charge >= 0.3 is 5.97 Å². The van der Waals surface area contributed by atoms with E-state index < -0.39 is 29.5 Å². The molecule has 2 heterocycles. The van der Waals surface area contributed by atoms with Gasteiger partial charge in [0.05, 0.1) is 6.61 Å². The first kappa shape index (κ1) is 18.7. The number of rotatable bonds is 5. The molecule has 0 saturated carbocycles. The average molecular weight is 349 g/mol. The lowest BCUT2D eigenvalue weighted by Gasteiger charge is -2.26. The number of hydrogen-bond donors (Lipinski definition) is 2. The molecule has 1 aliphatic rings. The van der Waals surface area contributed by atoms with Crippen molar-refractivity contribution in [2.24, 2.45) is 0 Å². The van der Waals surface area contributed by atoms with Crippen LogP contribution in [0.2, 0.25) is 0 Å². The molecule has 1 saturated heterocycles. The predicted octanol–water partition coefficient (Wildman–Crippen LogP) is 0.356. The van der Waals surface area contributed by atoms with Gasteiger partial charge in [-0.25, -0.2) is 4.79 Å². The number of esters is 1. The molecule has 2 rings (SSSR count). The molecule has 8 heteroatoms. The highest BCUT2D eigenvalue weighted by Crippen LogP contribution is 2.19. The van der Waals surface area contributed by atoms with Crippen molar-refractivity contribution in [2.45, 2.75) is 45.7 Å². The van der Waals surface area contributed by atoms with Gasteiger partial charge in [0, 0.05) is 12.7 Å². The fourth-order valence-electron chi connectivity index (χ4n) is 2.95. The average Bonchev–Trinajstić information content (AvgIpc) is 3.03. The Morgan fingerprint density at radius 2 is 2.16 bits per heavy atom. The summed E-state index contributed by atoms with van der Waals surface area (Å²) in [5.74, 6) is -1.41. The van der Waals surface area contributed by atoms with Crippen molar-refractivity contribution in [3.8, 4) is 0 Å². The molecule has 2 N–H and O–H groups in total. The number of ether oxygens (including phenoxy) is 1. The summed E-state index contributed by atoms with van der Waals surface area (Å²) in [5, 5.41) is 2.54. The number of carbonyl (C=O) groups is 3. The topological polar surface area (TPSA) is 109 Å². The standard InChI is InChI=1S/C17H23N3O5/c1-4-25-17(24)12-6-5-9-20(12)16(23)11(3)19-15(22)13-10(2)7-8-18-14(13)21/h7-8,11-12H,4-6,9H2,1-3H3,(H,18,21)(H,19,22)/t11-,12-/m0/s1. The molecule has 8 nitrogen and oxygen atoms in total. The van der Waals surface area contributed by atoms with Crippen LogP contribution in [0.4, 0.5) is 0 Å². The summed E-state index contributed by atoms with van der Waals surface area (Å²) in [4.78, 5) is 52.6. The molecule has 0 aromatic carbocycles. The fraction of sp³-hybridized carbons (Fsp3) is 0.529. The number of aromatic nitrogens is 1. The van der Waals surface area contributed by atoms with Gasteiger partial charge in [-0.15, -0.1) is 0 Å². The van der Waals surface area contributed by atoms with Crippen LogP contribution in [-0.4, -0.2) is 52.9 Å². The molecule has 2 atom stereocenters. The third kappa shape index (κ3) is 4.07. The van der Waals surface area contributed by atoms with E-state index in [1.807, 2.05) is 0 Å². The van der Waals surface area contributed by atoms with Crippen LogP contribution in [0.25, 0.3) is 0 Å². The molecule has 0 bridgehead atoms. The summed E-state index contributed by atoms with van der Waals surface area (Å²) >= 11 is 0. The number of likely N-dealkylation sites (tertiary alicyclic amines) is 1. The highest BCUT2D eigenvalue weighted by atomic mass is 16.5. The largest absolute Gasteiger partial charge is 0.464 e. The molecule has 1 aromatic rings. The SMILES string of the molecule is CCOC(=O)[C@@H]1CCCN1C(=O)[C@H](C)NC(=O)c1c(C)cc[nH]c1=O. The van der Waals surface area contributed by atoms with Gasteiger partial charge in [-0.1, -0.05) is 0 Å². The van der Waals surface area contributed by atoms with Crippen LogP contribution in [0, 0.1) is 6.92 Å². The molecule has 0 aliphatic carbocycles. The number of amides is 2. The molecule has 25 heavy (non-hydrogen) atoms. The van der Waals surface area contributed by atoms with Crippen LogP contribution in [-0.2, 0) is 14.3 Å². The first-order valence-electron chi connectivity index (χ1n) is 8.33. The first-order chi connectivity index (χ1) is 11.9. The van der Waals surface area contributed by atoms with E-state index in [9.17, 15) is 19.2 Å². The van der Waals surface area contributed by atoms with Crippen LogP contribution in [0.1, 0.15) is 42.6 Å². The maximum absolute atomic E-state index is 12.6. The van der Waals surface area contributed by atoms with Crippen molar-refractivity contribution in [1.82, 2.24) is 15.2 Å². The van der Waals surface area contributed by atoms with Gasteiger partial charge < -0.3 is 19.9 Å². The molecule has 0 spiro atoms. The number of hydrogen-bond acceptors (Lipinski definition) is 5. The highest BCUT2D eigenvalue weighted by Gasteiger charge is 2.37. The van der Waals surface area contributed by atoms with Gasteiger partial charge in [-0.2, -0.15) is 0 Å². The van der Waals surface area contributed by atoms with Crippen molar-refractivity contribution in [2.75, 3.05) is 13.2 Å². The van der Waals surface area contributed by atoms with Gasteiger partial charge in [0.1, 0.15) is 17.6 Å². The van der Waals surface area contributed by atoms with E-state index in [1.165, 1.54) is 18.0 Å². The first-order valence-corrected chi connectivity index (χ1v) is 8.33. The Labute approximate surface area is 145 Å². The van der Waals surface area contributed by atoms with Crippen molar-refractivity contribution in [3.05, 3.63) is 33.7 Å². The lowest BCUT2D eigenvalue weighted by molar-refractivity contribution is -0.153. The smallest absolute Gasteiger partial charge is 0.328 e. The van der Waals surface area contributed by atoms with Crippen molar-refractivity contribution in [3.63, 3.8) is 0 Å². The third-order valence-corrected chi connectivity index (χ3v) is 4.21. The number of carbonyl (C=O) groups excluding carboxylic acids is 3. The monoisotopic (exact) mass is 349 g/mol. The quantitative estimate of drug-likeness (QED) is 0.746. The van der Waals surface area contributed by atoms with Gasteiger partial charge in [-0.3, -0.25) is 14.4 Å². The molecule has 1 fully saturated rings. The Hall–Kier alpha value is -2.64. The Bertz CT molecular complexity index is 727. The minimum atomic E-state index is -0.860. The summed E-state index contributed by atoms with van der Waals surface area (Å²) in [5.41, 5.74) is -0.0142. The molecule has 2 amide bonds. The third-order valence-electron chi connectivity index (χ3n) is 4.21. The lowest BCUT2D eigenvalue weighted by atomic mass is 10.1. The molecule has 1 aliphatic heterocycles. The molecular formula is C17H23N3O5. The fourth-order valence-corrected chi connectivity index (χ4v) is 2.95. The van der Waals surface area contributed by atoms with Gasteiger partial charge in [0.25, 0.3) is 11.5 Å². The molecule has 136 valence electrons. The Balaban J connectivity index is 2.08.